The number of benzene rings is 2. The third-order valence-corrected chi connectivity index (χ3v) is 5.62. The van der Waals surface area contributed by atoms with Gasteiger partial charge in [-0.1, -0.05) is 6.07 Å². The van der Waals surface area contributed by atoms with Crippen molar-refractivity contribution in [3.63, 3.8) is 0 Å². The van der Waals surface area contributed by atoms with E-state index in [0.29, 0.717) is 17.2 Å². The third-order valence-electron chi connectivity index (χ3n) is 5.26. The fourth-order valence-corrected chi connectivity index (χ4v) is 4.14. The number of hydrogen-bond donors (Lipinski definition) is 1. The van der Waals surface area contributed by atoms with Gasteiger partial charge in [0.15, 0.2) is 16.6 Å². The first-order chi connectivity index (χ1) is 14.4. The number of methoxy groups -OCH3 is 3. The van der Waals surface area contributed by atoms with E-state index in [1.54, 1.807) is 21.3 Å². The maximum absolute atomic E-state index is 5.65. The molecule has 0 aromatic heterocycles. The summed E-state index contributed by atoms with van der Waals surface area (Å²) in [5.41, 5.74) is 4.65. The van der Waals surface area contributed by atoms with Gasteiger partial charge in [0.05, 0.1) is 21.3 Å². The summed E-state index contributed by atoms with van der Waals surface area (Å²) in [4.78, 5) is 4.65. The van der Waals surface area contributed by atoms with Crippen LogP contribution in [0.5, 0.6) is 17.2 Å². The lowest BCUT2D eigenvalue weighted by Crippen LogP contribution is -2.49. The molecule has 1 saturated heterocycles. The van der Waals surface area contributed by atoms with Crippen LogP contribution in [0.1, 0.15) is 16.7 Å². The third kappa shape index (κ3) is 5.34. The zero-order chi connectivity index (χ0) is 21.7. The van der Waals surface area contributed by atoms with Crippen LogP contribution in [0, 0.1) is 13.8 Å². The standard InChI is InChI=1S/C23H31N3O3S/c1-16-10-17(2)12-19(11-16)24-23(30)26-8-6-25(7-9-26)15-18-13-20(27-3)22(29-5)21(14-18)28-4/h10-14H,6-9,15H2,1-5H3,(H,24,30). The number of nitrogens with one attached hydrogen (secondary N) is 1. The number of anilines is 1. The zero-order valence-electron chi connectivity index (χ0n) is 18.4. The summed E-state index contributed by atoms with van der Waals surface area (Å²) < 4.78 is 16.4. The van der Waals surface area contributed by atoms with Crippen molar-refractivity contribution < 1.29 is 14.2 Å². The lowest BCUT2D eigenvalue weighted by atomic mass is 10.1. The molecule has 0 unspecified atom stereocenters. The number of ether oxygens (including phenoxy) is 3. The smallest absolute Gasteiger partial charge is 0.203 e. The summed E-state index contributed by atoms with van der Waals surface area (Å²) in [7, 11) is 4.90. The van der Waals surface area contributed by atoms with Gasteiger partial charge in [-0.2, -0.15) is 0 Å². The number of nitrogens with zero attached hydrogens (tertiary/aromatic N) is 2. The Morgan fingerprint density at radius 3 is 1.93 bits per heavy atom. The Morgan fingerprint density at radius 2 is 1.43 bits per heavy atom. The number of thiocarbonyl (C=S) groups is 1. The fourth-order valence-electron chi connectivity index (χ4n) is 3.84. The molecule has 0 atom stereocenters. The van der Waals surface area contributed by atoms with Crippen LogP contribution in [0.15, 0.2) is 30.3 Å². The van der Waals surface area contributed by atoms with Crippen LogP contribution >= 0.6 is 12.2 Å². The number of aryl methyl sites for hydroxylation is 2. The Balaban J connectivity index is 1.58. The van der Waals surface area contributed by atoms with E-state index in [9.17, 15) is 0 Å². The van der Waals surface area contributed by atoms with E-state index in [0.717, 1.165) is 49.1 Å². The van der Waals surface area contributed by atoms with Crippen molar-refractivity contribution in [2.24, 2.45) is 0 Å². The first kappa shape index (κ1) is 22.2. The average Bonchev–Trinajstić information content (AvgIpc) is 2.72. The van der Waals surface area contributed by atoms with E-state index in [-0.39, 0.29) is 0 Å². The average molecular weight is 430 g/mol. The van der Waals surface area contributed by atoms with Crippen molar-refractivity contribution in [3.05, 3.63) is 47.0 Å². The molecule has 2 aromatic rings. The maximum atomic E-state index is 5.65. The van der Waals surface area contributed by atoms with E-state index in [4.69, 9.17) is 26.4 Å². The molecule has 7 heteroatoms. The van der Waals surface area contributed by atoms with E-state index in [2.05, 4.69) is 47.2 Å². The molecule has 3 rings (SSSR count). The van der Waals surface area contributed by atoms with Gasteiger partial charge >= 0.3 is 0 Å². The number of piperazine rings is 1. The van der Waals surface area contributed by atoms with E-state index in [1.165, 1.54) is 11.1 Å². The van der Waals surface area contributed by atoms with Gasteiger partial charge < -0.3 is 24.4 Å². The molecule has 0 spiro atoms. The monoisotopic (exact) mass is 429 g/mol. The highest BCUT2D eigenvalue weighted by molar-refractivity contribution is 7.80. The minimum absolute atomic E-state index is 0.622. The van der Waals surface area contributed by atoms with Crippen LogP contribution in [0.4, 0.5) is 5.69 Å². The molecule has 0 radical (unpaired) electrons. The summed E-state index contributed by atoms with van der Waals surface area (Å²) >= 11 is 5.65. The Bertz CT molecular complexity index is 850. The van der Waals surface area contributed by atoms with Gasteiger partial charge in [0.1, 0.15) is 0 Å². The summed E-state index contributed by atoms with van der Waals surface area (Å²) in [6.45, 7) is 8.67. The lowest BCUT2D eigenvalue weighted by Gasteiger charge is -2.36. The summed E-state index contributed by atoms with van der Waals surface area (Å²) in [6.07, 6.45) is 0. The van der Waals surface area contributed by atoms with Crippen molar-refractivity contribution in [3.8, 4) is 17.2 Å². The molecular weight excluding hydrogens is 398 g/mol. The molecule has 0 aliphatic carbocycles. The van der Waals surface area contributed by atoms with Crippen LogP contribution < -0.4 is 19.5 Å². The molecule has 1 N–H and O–H groups in total. The highest BCUT2D eigenvalue weighted by Gasteiger charge is 2.21. The van der Waals surface area contributed by atoms with Crippen LogP contribution in [0.25, 0.3) is 0 Å². The van der Waals surface area contributed by atoms with E-state index < -0.39 is 0 Å². The van der Waals surface area contributed by atoms with Gasteiger partial charge in [-0.25, -0.2) is 0 Å². The van der Waals surface area contributed by atoms with Gasteiger partial charge in [0.25, 0.3) is 0 Å². The second-order valence-electron chi connectivity index (χ2n) is 7.60. The highest BCUT2D eigenvalue weighted by atomic mass is 32.1. The van der Waals surface area contributed by atoms with Crippen molar-refractivity contribution >= 4 is 23.0 Å². The highest BCUT2D eigenvalue weighted by Crippen LogP contribution is 2.38. The zero-order valence-corrected chi connectivity index (χ0v) is 19.3. The molecular formula is C23H31N3O3S. The normalized spacial score (nSPS) is 14.4. The van der Waals surface area contributed by atoms with Crippen molar-refractivity contribution in [1.82, 2.24) is 9.80 Å². The quantitative estimate of drug-likeness (QED) is 0.700. The molecule has 6 nitrogen and oxygen atoms in total. The van der Waals surface area contributed by atoms with Crippen LogP contribution in [0.2, 0.25) is 0 Å². The number of hydrogen-bond acceptors (Lipinski definition) is 5. The molecule has 2 aromatic carbocycles. The second-order valence-corrected chi connectivity index (χ2v) is 7.99. The second kappa shape index (κ2) is 10.00. The van der Waals surface area contributed by atoms with E-state index >= 15 is 0 Å². The van der Waals surface area contributed by atoms with Gasteiger partial charge in [0, 0.05) is 38.4 Å². The van der Waals surface area contributed by atoms with Crippen LogP contribution in [0.3, 0.4) is 0 Å². The summed E-state index contributed by atoms with van der Waals surface area (Å²) in [5, 5.41) is 4.18. The fraction of sp³-hybridized carbons (Fsp3) is 0.435. The molecule has 0 bridgehead atoms. The van der Waals surface area contributed by atoms with Gasteiger partial charge in [-0.15, -0.1) is 0 Å². The first-order valence-electron chi connectivity index (χ1n) is 10.1. The lowest BCUT2D eigenvalue weighted by molar-refractivity contribution is 0.176. The topological polar surface area (TPSA) is 46.2 Å². The largest absolute Gasteiger partial charge is 0.493 e. The first-order valence-corrected chi connectivity index (χ1v) is 10.5. The molecule has 1 heterocycles. The van der Waals surface area contributed by atoms with Gasteiger partial charge in [0.2, 0.25) is 5.75 Å². The predicted molar refractivity (Wildman–Crippen MR) is 125 cm³/mol. The Labute approximate surface area is 184 Å². The molecule has 162 valence electrons. The minimum Gasteiger partial charge on any atom is -0.493 e. The summed E-state index contributed by atoms with van der Waals surface area (Å²) in [5.74, 6) is 1.99. The van der Waals surface area contributed by atoms with Gasteiger partial charge in [-0.3, -0.25) is 4.90 Å². The SMILES string of the molecule is COc1cc(CN2CCN(C(=S)Nc3cc(C)cc(C)c3)CC2)cc(OC)c1OC. The Kier molecular flexibility index (Phi) is 7.39. The molecule has 1 aliphatic rings. The van der Waals surface area contributed by atoms with Crippen LogP contribution in [-0.2, 0) is 6.54 Å². The Morgan fingerprint density at radius 1 is 0.867 bits per heavy atom. The molecule has 30 heavy (non-hydrogen) atoms. The summed E-state index contributed by atoms with van der Waals surface area (Å²) in [6, 6.07) is 10.4. The Hall–Kier alpha value is -2.51. The molecule has 1 aliphatic heterocycles. The van der Waals surface area contributed by atoms with Crippen LogP contribution in [-0.4, -0.2) is 62.4 Å². The minimum atomic E-state index is 0.622. The maximum Gasteiger partial charge on any atom is 0.203 e. The van der Waals surface area contributed by atoms with Crippen molar-refractivity contribution in [2.75, 3.05) is 52.8 Å². The molecule has 0 amide bonds. The van der Waals surface area contributed by atoms with Crippen molar-refractivity contribution in [1.29, 1.82) is 0 Å². The van der Waals surface area contributed by atoms with Gasteiger partial charge in [-0.05, 0) is 67.0 Å². The molecule has 0 saturated carbocycles. The number of rotatable bonds is 6. The van der Waals surface area contributed by atoms with Crippen molar-refractivity contribution in [2.45, 2.75) is 20.4 Å². The molecule has 1 fully saturated rings. The van der Waals surface area contributed by atoms with E-state index in [1.807, 2.05) is 12.1 Å². The predicted octanol–water partition coefficient (Wildman–Crippen LogP) is 3.84.